The van der Waals surface area contributed by atoms with Crippen LogP contribution in [0.3, 0.4) is 0 Å². The van der Waals surface area contributed by atoms with Gasteiger partial charge in [-0.25, -0.2) is 9.59 Å². The van der Waals surface area contributed by atoms with Gasteiger partial charge in [-0.15, -0.1) is 0 Å². The zero-order chi connectivity index (χ0) is 21.8. The summed E-state index contributed by atoms with van der Waals surface area (Å²) in [7, 11) is 0. The van der Waals surface area contributed by atoms with Crippen molar-refractivity contribution in [2.75, 3.05) is 0 Å². The minimum Gasteiger partial charge on any atom is -0.459 e. The topological polar surface area (TPSA) is 149 Å². The van der Waals surface area contributed by atoms with Gasteiger partial charge in [0.25, 0.3) is 0 Å². The fourth-order valence-corrected chi connectivity index (χ4v) is 8.12. The van der Waals surface area contributed by atoms with Crippen molar-refractivity contribution < 1.29 is 48.7 Å². The Morgan fingerprint density at radius 3 is 2.33 bits per heavy atom. The normalized spacial score (nSPS) is 60.1. The molecule has 11 atom stereocenters. The zero-order valence-electron chi connectivity index (χ0n) is 16.9. The second-order valence-electron chi connectivity index (χ2n) is 10.7. The number of fused-ring (bicyclic) bond motifs is 1. The van der Waals surface area contributed by atoms with Gasteiger partial charge in [-0.3, -0.25) is 4.79 Å². The van der Waals surface area contributed by atoms with E-state index in [4.69, 9.17) is 18.9 Å². The fraction of sp³-hybridized carbons (Fsp3) is 0.850. The Balaban J connectivity index is 1.72. The van der Waals surface area contributed by atoms with Crippen LogP contribution in [0.25, 0.3) is 0 Å². The molecule has 30 heavy (non-hydrogen) atoms. The van der Waals surface area contributed by atoms with Crippen LogP contribution >= 0.6 is 0 Å². The molecule has 0 aromatic heterocycles. The molecule has 0 bridgehead atoms. The summed E-state index contributed by atoms with van der Waals surface area (Å²) >= 11 is 0. The van der Waals surface area contributed by atoms with Gasteiger partial charge in [0.2, 0.25) is 11.9 Å². The Hall–Kier alpha value is -1.75. The van der Waals surface area contributed by atoms with E-state index < -0.39 is 87.9 Å². The van der Waals surface area contributed by atoms with Crippen LogP contribution < -0.4 is 0 Å². The summed E-state index contributed by atoms with van der Waals surface area (Å²) in [6.07, 6.45) is -6.91. The molecule has 2 aliphatic carbocycles. The Kier molecular flexibility index (Phi) is 2.97. The maximum atomic E-state index is 13.4. The van der Waals surface area contributed by atoms with Gasteiger partial charge in [0, 0.05) is 0 Å². The summed E-state index contributed by atoms with van der Waals surface area (Å²) in [6, 6.07) is 0. The van der Waals surface area contributed by atoms with Crippen LogP contribution in [0.15, 0.2) is 0 Å². The molecule has 0 radical (unpaired) electrons. The highest BCUT2D eigenvalue weighted by Crippen LogP contribution is 2.84. The highest BCUT2D eigenvalue weighted by atomic mass is 16.8. The third kappa shape index (κ3) is 1.33. The van der Waals surface area contributed by atoms with Crippen LogP contribution in [-0.2, 0) is 33.3 Å². The van der Waals surface area contributed by atoms with Crippen molar-refractivity contribution in [2.45, 2.75) is 76.0 Å². The Morgan fingerprint density at radius 1 is 1.03 bits per heavy atom. The van der Waals surface area contributed by atoms with Crippen LogP contribution in [-0.4, -0.2) is 75.1 Å². The van der Waals surface area contributed by atoms with Gasteiger partial charge in [0.1, 0.15) is 12.2 Å². The number of carbonyl (C=O) groups is 3. The lowest BCUT2D eigenvalue weighted by Gasteiger charge is -2.47. The van der Waals surface area contributed by atoms with Gasteiger partial charge in [0.15, 0.2) is 17.8 Å². The standard InChI is InChI=1S/C20H24O10/c1-6-12(23)28-11-9(21)18-8-5-7(16(2,3)4)17(18)10(22)13(24)29-15(17)30-20(18,14(25)27-8)19(6,11)26/h6-11,15,21-22,26H,5H2,1-4H3/t6-,7-,8+,9+,10+,11-,15-,17+,18-,19-,20+/m1/s1. The second-order valence-corrected chi connectivity index (χ2v) is 10.7. The summed E-state index contributed by atoms with van der Waals surface area (Å²) in [4.78, 5) is 38.2. The SMILES string of the molecule is C[C@@H]1C(=O)O[C@@H]2[C@H](O)[C@]34[C@@H]5C[C@H](C(C)(C)C)[C@]36[C@H](OC(=O)[C@@H]6O)O[C@]4(C(=O)O5)[C@@]12O. The number of hydrogen-bond donors (Lipinski definition) is 3. The Bertz CT molecular complexity index is 925. The molecular formula is C20H24O10. The van der Waals surface area contributed by atoms with E-state index in [-0.39, 0.29) is 6.42 Å². The molecule has 10 heteroatoms. The molecule has 4 saturated heterocycles. The van der Waals surface area contributed by atoms with Gasteiger partial charge in [0.05, 0.1) is 16.7 Å². The van der Waals surface area contributed by atoms with Crippen molar-refractivity contribution >= 4 is 17.9 Å². The number of rotatable bonds is 0. The summed E-state index contributed by atoms with van der Waals surface area (Å²) in [6.45, 7) is 7.14. The molecule has 0 aromatic rings. The molecule has 10 nitrogen and oxygen atoms in total. The molecule has 0 aromatic carbocycles. The summed E-state index contributed by atoms with van der Waals surface area (Å²) in [5, 5.41) is 34.7. The van der Waals surface area contributed by atoms with Gasteiger partial charge in [-0.2, -0.15) is 0 Å². The van der Waals surface area contributed by atoms with Crippen LogP contribution in [0.4, 0.5) is 0 Å². The molecular weight excluding hydrogens is 400 g/mol. The minimum absolute atomic E-state index is 0.229. The molecule has 4 heterocycles. The van der Waals surface area contributed by atoms with E-state index >= 15 is 0 Å². The summed E-state index contributed by atoms with van der Waals surface area (Å²) < 4.78 is 22.5. The van der Waals surface area contributed by atoms with Crippen LogP contribution in [0.1, 0.15) is 34.1 Å². The first-order valence-corrected chi connectivity index (χ1v) is 10.2. The quantitative estimate of drug-likeness (QED) is 0.314. The van der Waals surface area contributed by atoms with E-state index in [1.807, 2.05) is 20.8 Å². The maximum absolute atomic E-state index is 13.4. The van der Waals surface area contributed by atoms with Crippen molar-refractivity contribution in [2.24, 2.45) is 28.1 Å². The maximum Gasteiger partial charge on any atom is 0.343 e. The van der Waals surface area contributed by atoms with E-state index in [0.29, 0.717) is 0 Å². The second kappa shape index (κ2) is 4.69. The molecule has 2 saturated carbocycles. The van der Waals surface area contributed by atoms with Gasteiger partial charge in [-0.1, -0.05) is 20.8 Å². The largest absolute Gasteiger partial charge is 0.459 e. The molecule has 164 valence electrons. The predicted molar refractivity (Wildman–Crippen MR) is 92.0 cm³/mol. The van der Waals surface area contributed by atoms with E-state index in [0.717, 1.165) is 0 Å². The number of ether oxygens (including phenoxy) is 4. The predicted octanol–water partition coefficient (Wildman–Crippen LogP) is -1.37. The molecule has 6 rings (SSSR count). The lowest BCUT2D eigenvalue weighted by molar-refractivity contribution is -0.239. The molecule has 6 fully saturated rings. The van der Waals surface area contributed by atoms with Crippen molar-refractivity contribution in [3.05, 3.63) is 0 Å². The van der Waals surface area contributed by atoms with Crippen molar-refractivity contribution in [1.82, 2.24) is 0 Å². The molecule has 2 spiro atoms. The van der Waals surface area contributed by atoms with Crippen LogP contribution in [0.5, 0.6) is 0 Å². The van der Waals surface area contributed by atoms with Crippen molar-refractivity contribution in [1.29, 1.82) is 0 Å². The van der Waals surface area contributed by atoms with E-state index in [1.54, 1.807) is 0 Å². The monoisotopic (exact) mass is 424 g/mol. The van der Waals surface area contributed by atoms with Gasteiger partial charge < -0.3 is 34.3 Å². The Labute approximate surface area is 171 Å². The summed E-state index contributed by atoms with van der Waals surface area (Å²) in [5.41, 5.74) is -8.26. The third-order valence-corrected chi connectivity index (χ3v) is 9.00. The smallest absolute Gasteiger partial charge is 0.343 e. The van der Waals surface area contributed by atoms with Crippen molar-refractivity contribution in [3.8, 4) is 0 Å². The highest BCUT2D eigenvalue weighted by molar-refractivity contribution is 5.94. The Morgan fingerprint density at radius 2 is 1.70 bits per heavy atom. The first kappa shape index (κ1) is 19.0. The average molecular weight is 424 g/mol. The average Bonchev–Trinajstić information content (AvgIpc) is 3.35. The highest BCUT2D eigenvalue weighted by Gasteiger charge is 3.03. The van der Waals surface area contributed by atoms with E-state index in [1.165, 1.54) is 6.92 Å². The van der Waals surface area contributed by atoms with E-state index in [2.05, 4.69) is 0 Å². The minimum atomic E-state index is -2.24. The molecule has 4 aliphatic heterocycles. The van der Waals surface area contributed by atoms with Gasteiger partial charge >= 0.3 is 17.9 Å². The first-order valence-electron chi connectivity index (χ1n) is 10.2. The number of aliphatic hydroxyl groups is 3. The lowest BCUT2D eigenvalue weighted by Crippen LogP contribution is -2.67. The summed E-state index contributed by atoms with van der Waals surface area (Å²) in [5.74, 6) is -4.32. The molecule has 6 aliphatic rings. The van der Waals surface area contributed by atoms with E-state index in [9.17, 15) is 29.7 Å². The fourth-order valence-electron chi connectivity index (χ4n) is 8.12. The van der Waals surface area contributed by atoms with Crippen molar-refractivity contribution in [3.63, 3.8) is 0 Å². The number of aliphatic hydroxyl groups excluding tert-OH is 2. The van der Waals surface area contributed by atoms with Gasteiger partial charge in [-0.05, 0) is 24.7 Å². The zero-order valence-corrected chi connectivity index (χ0v) is 16.9. The first-order chi connectivity index (χ1) is 13.8. The number of hydrogen-bond acceptors (Lipinski definition) is 10. The number of esters is 3. The third-order valence-electron chi connectivity index (χ3n) is 9.00. The molecule has 3 N–H and O–H groups in total. The van der Waals surface area contributed by atoms with Crippen LogP contribution in [0, 0.1) is 28.1 Å². The lowest BCUT2D eigenvalue weighted by atomic mass is 9.51. The molecule has 0 amide bonds. The van der Waals surface area contributed by atoms with Crippen LogP contribution in [0.2, 0.25) is 0 Å². The number of carbonyl (C=O) groups excluding carboxylic acids is 3. The molecule has 0 unspecified atom stereocenters.